The zero-order chi connectivity index (χ0) is 28.2. The molecular weight excluding hydrogens is 567 g/mol. The fraction of sp³-hybridized carbons (Fsp3) is 0.179. The molecule has 0 bridgehead atoms. The summed E-state index contributed by atoms with van der Waals surface area (Å²) in [6, 6.07) is 21.5. The van der Waals surface area contributed by atoms with Crippen LogP contribution in [-0.2, 0) is 14.9 Å². The number of hydrogen-bond donors (Lipinski definition) is 1. The number of nitrogens with zero attached hydrogens (tertiary/aromatic N) is 5. The molecule has 1 unspecified atom stereocenters. The van der Waals surface area contributed by atoms with E-state index in [0.29, 0.717) is 22.1 Å². The number of thiazole rings is 1. The molecule has 1 amide bonds. The number of hydrazone groups is 1. The molecule has 12 heteroatoms. The van der Waals surface area contributed by atoms with Crippen molar-refractivity contribution in [1.82, 2.24) is 4.98 Å². The van der Waals surface area contributed by atoms with Crippen LogP contribution < -0.4 is 14.8 Å². The normalized spacial score (nSPS) is 20.2. The van der Waals surface area contributed by atoms with Gasteiger partial charge in [-0.3, -0.25) is 9.35 Å². The maximum Gasteiger partial charge on any atom is 0.294 e. The van der Waals surface area contributed by atoms with Crippen LogP contribution in [0.5, 0.6) is 0 Å². The molecule has 1 aromatic heterocycles. The standard InChI is InChI=1S/C28H25N5O4S3/c1-18-17-28(33(30-18)21-12-14-22(15-13-21)40(35,36)37)32(27-29-23-6-4-5-7-24(23)38-27)26(34)25(39-28)16-19-8-10-20(11-9-19)31(2)3/h4-16H,17H2,1-3H3,(H,35,36,37). The van der Waals surface area contributed by atoms with E-state index in [1.807, 2.05) is 80.5 Å². The summed E-state index contributed by atoms with van der Waals surface area (Å²) < 4.78 is 33.7. The van der Waals surface area contributed by atoms with E-state index in [-0.39, 0.29) is 10.8 Å². The molecule has 40 heavy (non-hydrogen) atoms. The number of carbonyl (C=O) groups is 1. The van der Waals surface area contributed by atoms with Crippen molar-refractivity contribution < 1.29 is 17.8 Å². The average molecular weight is 592 g/mol. The third kappa shape index (κ3) is 4.56. The maximum absolute atomic E-state index is 14.2. The molecule has 3 heterocycles. The Morgan fingerprint density at radius 3 is 2.38 bits per heavy atom. The summed E-state index contributed by atoms with van der Waals surface area (Å²) in [5.41, 5.74) is 4.13. The molecule has 1 spiro atoms. The van der Waals surface area contributed by atoms with Crippen molar-refractivity contribution in [2.24, 2.45) is 5.10 Å². The maximum atomic E-state index is 14.2. The van der Waals surface area contributed by atoms with E-state index < -0.39 is 15.1 Å². The molecule has 9 nitrogen and oxygen atoms in total. The fourth-order valence-electron chi connectivity index (χ4n) is 4.80. The second-order valence-corrected chi connectivity index (χ2v) is 13.5. The van der Waals surface area contributed by atoms with Crippen molar-refractivity contribution in [2.75, 3.05) is 28.9 Å². The number of para-hydroxylation sites is 1. The van der Waals surface area contributed by atoms with Gasteiger partial charge in [0, 0.05) is 31.9 Å². The number of aromatic nitrogens is 1. The van der Waals surface area contributed by atoms with E-state index in [4.69, 9.17) is 10.1 Å². The van der Waals surface area contributed by atoms with E-state index in [2.05, 4.69) is 0 Å². The molecule has 6 rings (SSSR count). The van der Waals surface area contributed by atoms with Gasteiger partial charge in [-0.15, -0.1) is 0 Å². The number of thioether (sulfide) groups is 1. The van der Waals surface area contributed by atoms with Crippen molar-refractivity contribution in [3.05, 3.63) is 83.3 Å². The molecule has 2 aliphatic rings. The number of hydrogen-bond acceptors (Lipinski definition) is 9. The van der Waals surface area contributed by atoms with Gasteiger partial charge < -0.3 is 4.90 Å². The molecule has 1 fully saturated rings. The molecule has 1 saturated heterocycles. The van der Waals surface area contributed by atoms with Crippen LogP contribution in [0.15, 0.2) is 87.7 Å². The summed E-state index contributed by atoms with van der Waals surface area (Å²) in [6.45, 7) is 1.90. The van der Waals surface area contributed by atoms with Crippen LogP contribution in [0.25, 0.3) is 16.3 Å². The predicted molar refractivity (Wildman–Crippen MR) is 163 cm³/mol. The van der Waals surface area contributed by atoms with Crippen LogP contribution >= 0.6 is 23.1 Å². The highest BCUT2D eigenvalue weighted by Crippen LogP contribution is 2.55. The fourth-order valence-corrected chi connectivity index (χ4v) is 7.87. The molecule has 4 aromatic rings. The highest BCUT2D eigenvalue weighted by atomic mass is 32.2. The third-order valence-corrected chi connectivity index (χ3v) is 9.91. The second kappa shape index (κ2) is 9.73. The first-order chi connectivity index (χ1) is 19.0. The first kappa shape index (κ1) is 26.5. The molecular formula is C28H25N5O4S3. The smallest absolute Gasteiger partial charge is 0.294 e. The quantitative estimate of drug-likeness (QED) is 0.234. The van der Waals surface area contributed by atoms with Gasteiger partial charge in [-0.2, -0.15) is 13.5 Å². The monoisotopic (exact) mass is 591 g/mol. The van der Waals surface area contributed by atoms with Crippen molar-refractivity contribution in [3.63, 3.8) is 0 Å². The van der Waals surface area contributed by atoms with Gasteiger partial charge >= 0.3 is 0 Å². The molecule has 0 radical (unpaired) electrons. The van der Waals surface area contributed by atoms with E-state index in [9.17, 15) is 17.8 Å². The van der Waals surface area contributed by atoms with Gasteiger partial charge in [0.15, 0.2) is 5.13 Å². The lowest BCUT2D eigenvalue weighted by Gasteiger charge is -2.38. The van der Waals surface area contributed by atoms with Crippen LogP contribution in [0, 0.1) is 0 Å². The Balaban J connectivity index is 1.48. The number of anilines is 3. The predicted octanol–water partition coefficient (Wildman–Crippen LogP) is 5.67. The van der Waals surface area contributed by atoms with Crippen molar-refractivity contribution >= 4 is 77.6 Å². The molecule has 0 aliphatic carbocycles. The van der Waals surface area contributed by atoms with Crippen molar-refractivity contribution in [1.29, 1.82) is 0 Å². The molecule has 2 aliphatic heterocycles. The van der Waals surface area contributed by atoms with Gasteiger partial charge in [0.1, 0.15) is 0 Å². The van der Waals surface area contributed by atoms with Crippen LogP contribution in [-0.4, -0.2) is 48.7 Å². The van der Waals surface area contributed by atoms with Gasteiger partial charge in [0.25, 0.3) is 16.0 Å². The number of amides is 1. The SMILES string of the molecule is CC1=NN(c2ccc(S(=O)(=O)O)cc2)C2(C1)SC(=Cc1ccc(N(C)C)cc1)C(=O)N2c1nc2ccccc2s1. The first-order valence-electron chi connectivity index (χ1n) is 12.4. The third-order valence-electron chi connectivity index (χ3n) is 6.68. The minimum atomic E-state index is -4.36. The summed E-state index contributed by atoms with van der Waals surface area (Å²) >= 11 is 2.84. The molecule has 3 aromatic carbocycles. The lowest BCUT2D eigenvalue weighted by Crippen LogP contribution is -2.53. The highest BCUT2D eigenvalue weighted by Gasteiger charge is 2.58. The van der Waals surface area contributed by atoms with E-state index in [1.54, 1.807) is 22.0 Å². The molecule has 204 valence electrons. The number of benzene rings is 3. The lowest BCUT2D eigenvalue weighted by molar-refractivity contribution is -0.114. The Bertz CT molecular complexity index is 1760. The topological polar surface area (TPSA) is 106 Å². The van der Waals surface area contributed by atoms with Crippen LogP contribution in [0.4, 0.5) is 16.5 Å². The zero-order valence-corrected chi connectivity index (χ0v) is 24.3. The minimum absolute atomic E-state index is 0.190. The summed E-state index contributed by atoms with van der Waals surface area (Å²) in [5, 5.41) is 7.09. The van der Waals surface area contributed by atoms with Gasteiger partial charge in [-0.05, 0) is 67.1 Å². The highest BCUT2D eigenvalue weighted by molar-refractivity contribution is 8.06. The summed E-state index contributed by atoms with van der Waals surface area (Å²) in [6.07, 6.45) is 2.32. The Hall–Kier alpha value is -3.71. The number of fused-ring (bicyclic) bond motifs is 1. The lowest BCUT2D eigenvalue weighted by atomic mass is 10.1. The van der Waals surface area contributed by atoms with Crippen molar-refractivity contribution in [2.45, 2.75) is 23.2 Å². The average Bonchev–Trinajstić information content (AvgIpc) is 3.56. The molecule has 1 atom stereocenters. The van der Waals surface area contributed by atoms with Gasteiger partial charge in [0.2, 0.25) is 4.99 Å². The Morgan fingerprint density at radius 2 is 1.73 bits per heavy atom. The zero-order valence-electron chi connectivity index (χ0n) is 21.8. The second-order valence-electron chi connectivity index (χ2n) is 9.74. The Labute approximate surface area is 240 Å². The largest absolute Gasteiger partial charge is 0.378 e. The Morgan fingerprint density at radius 1 is 1.02 bits per heavy atom. The Kier molecular flexibility index (Phi) is 6.45. The number of carbonyl (C=O) groups excluding carboxylic acids is 1. The summed E-state index contributed by atoms with van der Waals surface area (Å²) in [7, 11) is -0.405. The van der Waals surface area contributed by atoms with Gasteiger partial charge in [0.05, 0.1) is 25.7 Å². The molecule has 0 saturated carbocycles. The first-order valence-corrected chi connectivity index (χ1v) is 15.4. The van der Waals surface area contributed by atoms with Gasteiger partial charge in [-0.25, -0.2) is 14.9 Å². The number of rotatable bonds is 5. The van der Waals surface area contributed by atoms with E-state index in [0.717, 1.165) is 27.2 Å². The summed E-state index contributed by atoms with van der Waals surface area (Å²) in [4.78, 5) is 22.1. The van der Waals surface area contributed by atoms with Crippen molar-refractivity contribution in [3.8, 4) is 0 Å². The van der Waals surface area contributed by atoms with E-state index >= 15 is 0 Å². The van der Waals surface area contributed by atoms with Crippen LogP contribution in [0.1, 0.15) is 18.9 Å². The van der Waals surface area contributed by atoms with Gasteiger partial charge in [-0.1, -0.05) is 47.4 Å². The molecule has 1 N–H and O–H groups in total. The van der Waals surface area contributed by atoms with E-state index in [1.165, 1.54) is 35.2 Å². The van der Waals surface area contributed by atoms with Crippen LogP contribution in [0.3, 0.4) is 0 Å². The minimum Gasteiger partial charge on any atom is -0.378 e. The van der Waals surface area contributed by atoms with Crippen LogP contribution in [0.2, 0.25) is 0 Å². The summed E-state index contributed by atoms with van der Waals surface area (Å²) in [5.74, 6) is -0.190.